The summed E-state index contributed by atoms with van der Waals surface area (Å²) in [5, 5.41) is 12.3. The molecule has 1 aromatic carbocycles. The molecular formula is C20H20N2O4S. The van der Waals surface area contributed by atoms with Crippen molar-refractivity contribution in [2.75, 3.05) is 18.5 Å². The number of carbonyl (C=O) groups is 2. The van der Waals surface area contributed by atoms with Crippen LogP contribution in [0.3, 0.4) is 0 Å². The molecule has 0 fully saturated rings. The quantitative estimate of drug-likeness (QED) is 0.572. The smallest absolute Gasteiger partial charge is 0.348 e. The Morgan fingerprint density at radius 2 is 1.93 bits per heavy atom. The van der Waals surface area contributed by atoms with Gasteiger partial charge in [0.15, 0.2) is 0 Å². The van der Waals surface area contributed by atoms with Crippen LogP contribution < -0.4 is 10.1 Å². The lowest BCUT2D eigenvalue weighted by molar-refractivity contribution is -0.111. The maximum absolute atomic E-state index is 12.2. The fourth-order valence-electron chi connectivity index (χ4n) is 2.29. The van der Waals surface area contributed by atoms with Crippen LogP contribution in [0.1, 0.15) is 40.2 Å². The van der Waals surface area contributed by atoms with E-state index in [0.717, 1.165) is 22.6 Å². The number of thiophene rings is 1. The van der Waals surface area contributed by atoms with Crippen molar-refractivity contribution < 1.29 is 19.1 Å². The number of carbonyl (C=O) groups excluding carboxylic acids is 2. The predicted octanol–water partition coefficient (Wildman–Crippen LogP) is 4.16. The lowest BCUT2D eigenvalue weighted by atomic mass is 10.1. The number of nitriles is 1. The van der Waals surface area contributed by atoms with Gasteiger partial charge in [0.25, 0.3) is 0 Å². The molecule has 0 aliphatic rings. The predicted molar refractivity (Wildman–Crippen MR) is 105 cm³/mol. The highest BCUT2D eigenvalue weighted by Crippen LogP contribution is 2.33. The van der Waals surface area contributed by atoms with Crippen LogP contribution in [-0.4, -0.2) is 25.1 Å². The van der Waals surface area contributed by atoms with Crippen molar-refractivity contribution in [2.45, 2.75) is 20.8 Å². The highest BCUT2D eigenvalue weighted by Gasteiger charge is 2.21. The Labute approximate surface area is 162 Å². The second-order valence-corrected chi connectivity index (χ2v) is 6.44. The van der Waals surface area contributed by atoms with Crippen LogP contribution in [-0.2, 0) is 9.53 Å². The minimum absolute atomic E-state index is 0.241. The topological polar surface area (TPSA) is 88.4 Å². The van der Waals surface area contributed by atoms with Crippen LogP contribution in [0.4, 0.5) is 5.00 Å². The van der Waals surface area contributed by atoms with Gasteiger partial charge in [-0.15, -0.1) is 11.3 Å². The molecule has 0 radical (unpaired) electrons. The van der Waals surface area contributed by atoms with Gasteiger partial charge in [-0.2, -0.15) is 5.26 Å². The van der Waals surface area contributed by atoms with Crippen molar-refractivity contribution in [3.63, 3.8) is 0 Å². The molecule has 0 saturated heterocycles. The Morgan fingerprint density at radius 3 is 2.52 bits per heavy atom. The van der Waals surface area contributed by atoms with E-state index in [9.17, 15) is 14.9 Å². The summed E-state index contributed by atoms with van der Waals surface area (Å²) >= 11 is 1.04. The van der Waals surface area contributed by atoms with Crippen molar-refractivity contribution in [1.82, 2.24) is 0 Å². The number of nitrogens with one attached hydrogen (secondary N) is 1. The van der Waals surface area contributed by atoms with Gasteiger partial charge in [-0.05, 0) is 50.1 Å². The third kappa shape index (κ3) is 5.19. The van der Waals surface area contributed by atoms with Crippen molar-refractivity contribution in [3.05, 3.63) is 51.9 Å². The number of benzene rings is 1. The summed E-state index contributed by atoms with van der Waals surface area (Å²) in [7, 11) is 0. The first kappa shape index (κ1) is 20.2. The zero-order valence-corrected chi connectivity index (χ0v) is 16.2. The van der Waals surface area contributed by atoms with E-state index in [1.54, 1.807) is 19.9 Å². The molecule has 0 unspecified atom stereocenters. The van der Waals surface area contributed by atoms with E-state index < -0.39 is 11.9 Å². The van der Waals surface area contributed by atoms with E-state index in [-0.39, 0.29) is 12.2 Å². The van der Waals surface area contributed by atoms with E-state index >= 15 is 0 Å². The highest BCUT2D eigenvalue weighted by atomic mass is 32.1. The average molecular weight is 384 g/mol. The first-order valence-corrected chi connectivity index (χ1v) is 9.24. The summed E-state index contributed by atoms with van der Waals surface area (Å²) in [6.45, 7) is 6.11. The number of anilines is 1. The summed E-state index contributed by atoms with van der Waals surface area (Å²) in [6.07, 6.45) is 3.03. The van der Waals surface area contributed by atoms with Gasteiger partial charge in [0, 0.05) is 6.08 Å². The van der Waals surface area contributed by atoms with E-state index in [2.05, 4.69) is 5.32 Å². The first-order chi connectivity index (χ1) is 13.0. The molecule has 0 atom stereocenters. The molecule has 0 spiro atoms. The van der Waals surface area contributed by atoms with Crippen molar-refractivity contribution in [3.8, 4) is 11.8 Å². The van der Waals surface area contributed by atoms with Gasteiger partial charge < -0.3 is 14.8 Å². The minimum Gasteiger partial charge on any atom is -0.494 e. The summed E-state index contributed by atoms with van der Waals surface area (Å²) in [5.74, 6) is -0.128. The molecule has 0 aliphatic carbocycles. The van der Waals surface area contributed by atoms with Gasteiger partial charge in [0.1, 0.15) is 21.7 Å². The molecule has 1 heterocycles. The van der Waals surface area contributed by atoms with Gasteiger partial charge in [-0.25, -0.2) is 4.79 Å². The number of hydrogen-bond donors (Lipinski definition) is 1. The highest BCUT2D eigenvalue weighted by molar-refractivity contribution is 7.18. The lowest BCUT2D eigenvalue weighted by Gasteiger charge is -2.02. The first-order valence-electron chi connectivity index (χ1n) is 8.42. The standard InChI is InChI=1S/C20H20N2O4S/c1-4-25-15-9-6-14(7-10-15)8-11-17(23)22-19-16(12-21)13(3)18(27-19)20(24)26-5-2/h6-11H,4-5H2,1-3H3,(H,22,23). The molecule has 1 amide bonds. The van der Waals surface area contributed by atoms with E-state index in [4.69, 9.17) is 9.47 Å². The van der Waals surface area contributed by atoms with Gasteiger partial charge in [-0.1, -0.05) is 12.1 Å². The Morgan fingerprint density at radius 1 is 1.22 bits per heavy atom. The number of nitrogens with zero attached hydrogens (tertiary/aromatic N) is 1. The summed E-state index contributed by atoms with van der Waals surface area (Å²) in [5.41, 5.74) is 1.61. The van der Waals surface area contributed by atoms with Gasteiger partial charge in [-0.3, -0.25) is 4.79 Å². The second-order valence-electron chi connectivity index (χ2n) is 5.42. The summed E-state index contributed by atoms with van der Waals surface area (Å²) in [6, 6.07) is 9.35. The van der Waals surface area contributed by atoms with Crippen LogP contribution in [0.5, 0.6) is 5.75 Å². The largest absolute Gasteiger partial charge is 0.494 e. The normalized spacial score (nSPS) is 10.4. The number of rotatable bonds is 7. The summed E-state index contributed by atoms with van der Waals surface area (Å²) in [4.78, 5) is 24.5. The zero-order valence-electron chi connectivity index (χ0n) is 15.4. The lowest BCUT2D eigenvalue weighted by Crippen LogP contribution is -2.07. The molecule has 140 valence electrons. The van der Waals surface area contributed by atoms with Crippen LogP contribution >= 0.6 is 11.3 Å². The van der Waals surface area contributed by atoms with Crippen LogP contribution in [0, 0.1) is 18.3 Å². The Bertz CT molecular complexity index is 892. The van der Waals surface area contributed by atoms with Gasteiger partial charge in [0.05, 0.1) is 18.8 Å². The van der Waals surface area contributed by atoms with E-state index in [1.807, 2.05) is 37.3 Å². The Hall–Kier alpha value is -3.11. The summed E-state index contributed by atoms with van der Waals surface area (Å²) < 4.78 is 10.4. The molecular weight excluding hydrogens is 364 g/mol. The third-order valence-electron chi connectivity index (χ3n) is 3.57. The molecule has 7 heteroatoms. The number of ether oxygens (including phenoxy) is 2. The van der Waals surface area contributed by atoms with Gasteiger partial charge >= 0.3 is 5.97 Å². The maximum Gasteiger partial charge on any atom is 0.348 e. The van der Waals surface area contributed by atoms with Crippen LogP contribution in [0.25, 0.3) is 6.08 Å². The Balaban J connectivity index is 2.12. The van der Waals surface area contributed by atoms with Crippen LogP contribution in [0.2, 0.25) is 0 Å². The Kier molecular flexibility index (Phi) is 7.15. The molecule has 0 saturated carbocycles. The fraction of sp³-hybridized carbons (Fsp3) is 0.250. The van der Waals surface area contributed by atoms with Crippen molar-refractivity contribution >= 4 is 34.3 Å². The fourth-order valence-corrected chi connectivity index (χ4v) is 3.35. The number of amides is 1. The minimum atomic E-state index is -0.498. The zero-order chi connectivity index (χ0) is 19.8. The molecule has 1 aromatic heterocycles. The third-order valence-corrected chi connectivity index (χ3v) is 4.76. The second kappa shape index (κ2) is 9.55. The molecule has 2 rings (SSSR count). The number of hydrogen-bond acceptors (Lipinski definition) is 6. The van der Waals surface area contributed by atoms with Gasteiger partial charge in [0.2, 0.25) is 5.91 Å². The van der Waals surface area contributed by atoms with E-state index in [1.165, 1.54) is 6.08 Å². The molecule has 0 bridgehead atoms. The monoisotopic (exact) mass is 384 g/mol. The molecule has 6 nitrogen and oxygen atoms in total. The number of esters is 1. The average Bonchev–Trinajstić information content (AvgIpc) is 2.97. The van der Waals surface area contributed by atoms with E-state index in [0.29, 0.717) is 22.0 Å². The van der Waals surface area contributed by atoms with Crippen LogP contribution in [0.15, 0.2) is 30.3 Å². The molecule has 0 aliphatic heterocycles. The molecule has 1 N–H and O–H groups in total. The van der Waals surface area contributed by atoms with Crippen molar-refractivity contribution in [1.29, 1.82) is 5.26 Å². The van der Waals surface area contributed by atoms with Crippen molar-refractivity contribution in [2.24, 2.45) is 0 Å². The molecule has 2 aromatic rings. The maximum atomic E-state index is 12.2. The SMILES string of the molecule is CCOC(=O)c1sc(NC(=O)C=Cc2ccc(OCC)cc2)c(C#N)c1C. The molecule has 27 heavy (non-hydrogen) atoms.